The number of anilines is 2. The van der Waals surface area contributed by atoms with E-state index in [1.54, 1.807) is 25.0 Å². The van der Waals surface area contributed by atoms with Crippen molar-refractivity contribution in [3.05, 3.63) is 101 Å². The predicted octanol–water partition coefficient (Wildman–Crippen LogP) is 5.75. The highest BCUT2D eigenvalue weighted by Crippen LogP contribution is 2.41. The summed E-state index contributed by atoms with van der Waals surface area (Å²) in [6, 6.07) is 22.8. The normalized spacial score (nSPS) is 16.6. The van der Waals surface area contributed by atoms with Gasteiger partial charge in [-0.25, -0.2) is 4.68 Å². The van der Waals surface area contributed by atoms with Crippen LogP contribution < -0.4 is 20.1 Å². The van der Waals surface area contributed by atoms with Crippen LogP contribution in [0.1, 0.15) is 35.2 Å². The van der Waals surface area contributed by atoms with Crippen molar-refractivity contribution in [2.45, 2.75) is 18.5 Å². The zero-order chi connectivity index (χ0) is 25.8. The molecule has 0 saturated carbocycles. The van der Waals surface area contributed by atoms with Crippen LogP contribution in [0.4, 0.5) is 11.9 Å². The topological polar surface area (TPSA) is 90.3 Å². The lowest BCUT2D eigenvalue weighted by Crippen LogP contribution is -2.28. The summed E-state index contributed by atoms with van der Waals surface area (Å²) >= 11 is 6.11. The summed E-state index contributed by atoms with van der Waals surface area (Å²) in [5.41, 5.74) is 2.93. The van der Waals surface area contributed by atoms with Gasteiger partial charge in [-0.1, -0.05) is 54.1 Å². The summed E-state index contributed by atoms with van der Waals surface area (Å²) < 4.78 is 12.6. The highest BCUT2D eigenvalue weighted by molar-refractivity contribution is 6.30. The molecule has 1 amide bonds. The first-order valence-corrected chi connectivity index (χ1v) is 12.2. The van der Waals surface area contributed by atoms with Gasteiger partial charge in [0.05, 0.1) is 26.3 Å². The Labute approximate surface area is 219 Å². The van der Waals surface area contributed by atoms with Gasteiger partial charge in [0, 0.05) is 16.7 Å². The van der Waals surface area contributed by atoms with Crippen LogP contribution in [0.5, 0.6) is 11.5 Å². The Morgan fingerprint density at radius 3 is 2.54 bits per heavy atom. The van der Waals surface area contributed by atoms with Gasteiger partial charge in [0.2, 0.25) is 5.95 Å². The van der Waals surface area contributed by atoms with Crippen LogP contribution in [0.15, 0.2) is 78.9 Å². The summed E-state index contributed by atoms with van der Waals surface area (Å²) in [7, 11) is 3.26. The van der Waals surface area contributed by atoms with E-state index in [0.29, 0.717) is 17.4 Å². The molecule has 2 N–H and O–H groups in total. The van der Waals surface area contributed by atoms with Crippen LogP contribution in [-0.4, -0.2) is 34.9 Å². The summed E-state index contributed by atoms with van der Waals surface area (Å²) in [6.07, 6.45) is 3.86. The van der Waals surface area contributed by atoms with E-state index in [0.717, 1.165) is 28.2 Å². The second-order valence-corrected chi connectivity index (χ2v) is 8.98. The Morgan fingerprint density at radius 1 is 1.05 bits per heavy atom. The van der Waals surface area contributed by atoms with Crippen molar-refractivity contribution in [3.8, 4) is 11.5 Å². The van der Waals surface area contributed by atoms with E-state index in [9.17, 15) is 4.79 Å². The number of benzene rings is 3. The van der Waals surface area contributed by atoms with Gasteiger partial charge in [0.25, 0.3) is 11.9 Å². The van der Waals surface area contributed by atoms with Gasteiger partial charge in [-0.05, 0) is 54.0 Å². The number of methoxy groups -OCH3 is 2. The summed E-state index contributed by atoms with van der Waals surface area (Å²) in [5.74, 6) is 1.95. The summed E-state index contributed by atoms with van der Waals surface area (Å²) in [4.78, 5) is 17.2. The van der Waals surface area contributed by atoms with Gasteiger partial charge < -0.3 is 14.8 Å². The number of para-hydroxylation sites is 1. The smallest absolute Gasteiger partial charge is 0.250 e. The van der Waals surface area contributed by atoms with Gasteiger partial charge in [0.15, 0.2) is 0 Å². The van der Waals surface area contributed by atoms with Crippen LogP contribution in [0.2, 0.25) is 5.02 Å². The van der Waals surface area contributed by atoms with E-state index in [-0.39, 0.29) is 23.9 Å². The molecule has 0 radical (unpaired) electrons. The molecule has 1 aromatic heterocycles. The Balaban J connectivity index is 1.41. The molecule has 8 nitrogen and oxygen atoms in total. The molecule has 0 aliphatic carbocycles. The molecule has 2 heterocycles. The Bertz CT molecular complexity index is 1420. The molecule has 0 unspecified atom stereocenters. The van der Waals surface area contributed by atoms with Crippen LogP contribution in [-0.2, 0) is 4.79 Å². The number of amides is 1. The van der Waals surface area contributed by atoms with Crippen molar-refractivity contribution >= 4 is 35.5 Å². The van der Waals surface area contributed by atoms with Crippen molar-refractivity contribution < 1.29 is 14.3 Å². The fourth-order valence-corrected chi connectivity index (χ4v) is 4.51. The third kappa shape index (κ3) is 5.44. The minimum absolute atomic E-state index is 0.0394. The molecule has 5 rings (SSSR count). The lowest BCUT2D eigenvalue weighted by atomic mass is 9.93. The van der Waals surface area contributed by atoms with Crippen LogP contribution >= 0.6 is 11.6 Å². The molecule has 0 saturated heterocycles. The Morgan fingerprint density at radius 2 is 1.81 bits per heavy atom. The first-order valence-electron chi connectivity index (χ1n) is 11.8. The SMILES string of the molecule is COc1ccc(/C=C/C(=O)Nc2nc3n(n2)[C@H](c2ccccc2OC)C[C@H](c2ccc(Cl)cc2)N3)cc1. The van der Waals surface area contributed by atoms with E-state index >= 15 is 0 Å². The lowest BCUT2D eigenvalue weighted by Gasteiger charge is -2.32. The van der Waals surface area contributed by atoms with Crippen molar-refractivity contribution in [1.29, 1.82) is 0 Å². The first-order chi connectivity index (χ1) is 18.0. The fraction of sp³-hybridized carbons (Fsp3) is 0.179. The maximum Gasteiger partial charge on any atom is 0.250 e. The standard InChI is InChI=1S/C28H26ClN5O3/c1-36-21-14-7-18(8-15-21)9-16-26(35)31-27-32-28-30-23(19-10-12-20(29)13-11-19)17-24(34(28)33-27)22-5-3-4-6-25(22)37-2/h3-16,23-24H,17H2,1-2H3,(H2,30,31,32,33,35)/b16-9+/t23-,24+/m1/s1. The fourth-order valence-electron chi connectivity index (χ4n) is 4.38. The van der Waals surface area contributed by atoms with Gasteiger partial charge in [-0.15, -0.1) is 5.10 Å². The van der Waals surface area contributed by atoms with Crippen molar-refractivity contribution in [1.82, 2.24) is 14.8 Å². The van der Waals surface area contributed by atoms with E-state index in [4.69, 9.17) is 21.1 Å². The Hall–Kier alpha value is -4.30. The largest absolute Gasteiger partial charge is 0.497 e. The van der Waals surface area contributed by atoms with Crippen molar-refractivity contribution in [2.24, 2.45) is 0 Å². The number of hydrogen-bond donors (Lipinski definition) is 2. The van der Waals surface area contributed by atoms with Gasteiger partial charge in [-0.3, -0.25) is 10.1 Å². The minimum Gasteiger partial charge on any atom is -0.497 e. The number of nitrogens with one attached hydrogen (secondary N) is 2. The number of hydrogen-bond acceptors (Lipinski definition) is 6. The number of rotatable bonds is 7. The molecular weight excluding hydrogens is 490 g/mol. The maximum absolute atomic E-state index is 12.6. The van der Waals surface area contributed by atoms with Crippen molar-refractivity contribution in [3.63, 3.8) is 0 Å². The predicted molar refractivity (Wildman–Crippen MR) is 144 cm³/mol. The molecule has 0 bridgehead atoms. The van der Waals surface area contributed by atoms with Gasteiger partial charge in [0.1, 0.15) is 11.5 Å². The summed E-state index contributed by atoms with van der Waals surface area (Å²) in [6.45, 7) is 0. The number of carbonyl (C=O) groups is 1. The van der Waals surface area contributed by atoms with Crippen LogP contribution in [0.25, 0.3) is 6.08 Å². The molecule has 4 aromatic rings. The number of nitrogens with zero attached hydrogens (tertiary/aromatic N) is 3. The number of aromatic nitrogens is 3. The van der Waals surface area contributed by atoms with Crippen LogP contribution in [0.3, 0.4) is 0 Å². The second kappa shape index (κ2) is 10.8. The molecule has 1 aliphatic rings. The third-order valence-corrected chi connectivity index (χ3v) is 6.49. The number of carbonyl (C=O) groups excluding carboxylic acids is 1. The minimum atomic E-state index is -0.332. The number of fused-ring (bicyclic) bond motifs is 1. The molecule has 9 heteroatoms. The zero-order valence-corrected chi connectivity index (χ0v) is 21.1. The quantitative estimate of drug-likeness (QED) is 0.305. The molecule has 188 valence electrons. The van der Waals surface area contributed by atoms with Gasteiger partial charge >= 0.3 is 0 Å². The van der Waals surface area contributed by atoms with E-state index in [1.807, 2.05) is 72.8 Å². The first kappa shape index (κ1) is 24.4. The van der Waals surface area contributed by atoms with E-state index in [1.165, 1.54) is 6.08 Å². The molecule has 2 atom stereocenters. The summed E-state index contributed by atoms with van der Waals surface area (Å²) in [5, 5.41) is 11.5. The second-order valence-electron chi connectivity index (χ2n) is 8.54. The number of halogens is 1. The maximum atomic E-state index is 12.6. The lowest BCUT2D eigenvalue weighted by molar-refractivity contribution is -0.111. The molecular formula is C28H26ClN5O3. The molecule has 3 aromatic carbocycles. The monoisotopic (exact) mass is 515 g/mol. The zero-order valence-electron chi connectivity index (χ0n) is 20.4. The molecule has 1 aliphatic heterocycles. The van der Waals surface area contributed by atoms with Gasteiger partial charge in [-0.2, -0.15) is 4.98 Å². The average Bonchev–Trinajstić information content (AvgIpc) is 3.34. The highest BCUT2D eigenvalue weighted by atomic mass is 35.5. The highest BCUT2D eigenvalue weighted by Gasteiger charge is 2.32. The van der Waals surface area contributed by atoms with Crippen LogP contribution in [0, 0.1) is 0 Å². The average molecular weight is 516 g/mol. The third-order valence-electron chi connectivity index (χ3n) is 6.24. The Kier molecular flexibility index (Phi) is 7.09. The molecule has 37 heavy (non-hydrogen) atoms. The van der Waals surface area contributed by atoms with E-state index < -0.39 is 0 Å². The van der Waals surface area contributed by atoms with E-state index in [2.05, 4.69) is 20.7 Å². The van der Waals surface area contributed by atoms with Crippen molar-refractivity contribution in [2.75, 3.05) is 24.9 Å². The molecule has 0 fully saturated rings. The molecule has 0 spiro atoms. The number of ether oxygens (including phenoxy) is 2.